The largest absolute Gasteiger partial charge is 0.381 e. The molecular weight excluding hydrogens is 260 g/mol. The van der Waals surface area contributed by atoms with Gasteiger partial charge in [0.15, 0.2) is 0 Å². The molecule has 0 spiro atoms. The lowest BCUT2D eigenvalue weighted by atomic mass is 10.1. The molecule has 102 valence electrons. The lowest BCUT2D eigenvalue weighted by Crippen LogP contribution is -2.13. The standard InChI is InChI=1S/C15H19ClN2O/c1-10-3-4-13-14(7-10)18(15(17-13)11(2)16)8-12-5-6-19-9-12/h3-4,7,11-12H,5-6,8-9H2,1-2H3. The first-order chi connectivity index (χ1) is 9.15. The molecule has 0 radical (unpaired) electrons. The third kappa shape index (κ3) is 2.49. The highest BCUT2D eigenvalue weighted by Crippen LogP contribution is 2.27. The van der Waals surface area contributed by atoms with Crippen molar-refractivity contribution in [3.8, 4) is 0 Å². The summed E-state index contributed by atoms with van der Waals surface area (Å²) in [6, 6.07) is 6.37. The van der Waals surface area contributed by atoms with Crippen molar-refractivity contribution in [2.24, 2.45) is 5.92 Å². The molecule has 1 aliphatic heterocycles. The number of fused-ring (bicyclic) bond motifs is 1. The summed E-state index contributed by atoms with van der Waals surface area (Å²) < 4.78 is 7.75. The van der Waals surface area contributed by atoms with Crippen molar-refractivity contribution in [3.05, 3.63) is 29.6 Å². The Morgan fingerprint density at radius 3 is 3.05 bits per heavy atom. The fourth-order valence-corrected chi connectivity index (χ4v) is 2.90. The van der Waals surface area contributed by atoms with Crippen molar-refractivity contribution >= 4 is 22.6 Å². The van der Waals surface area contributed by atoms with E-state index in [9.17, 15) is 0 Å². The summed E-state index contributed by atoms with van der Waals surface area (Å²) in [5, 5.41) is -0.0740. The van der Waals surface area contributed by atoms with Crippen molar-refractivity contribution in [3.63, 3.8) is 0 Å². The van der Waals surface area contributed by atoms with Crippen molar-refractivity contribution < 1.29 is 4.74 Å². The number of benzene rings is 1. The van der Waals surface area contributed by atoms with Crippen LogP contribution in [0.5, 0.6) is 0 Å². The second kappa shape index (κ2) is 5.14. The Bertz CT molecular complexity index is 585. The molecule has 1 saturated heterocycles. The summed E-state index contributed by atoms with van der Waals surface area (Å²) in [6.45, 7) is 6.77. The number of hydrogen-bond acceptors (Lipinski definition) is 2. The van der Waals surface area contributed by atoms with E-state index in [4.69, 9.17) is 16.3 Å². The first-order valence-electron chi connectivity index (χ1n) is 6.84. The highest BCUT2D eigenvalue weighted by atomic mass is 35.5. The maximum atomic E-state index is 6.29. The zero-order valence-corrected chi connectivity index (χ0v) is 12.2. The van der Waals surface area contributed by atoms with Crippen LogP contribution >= 0.6 is 11.6 Å². The van der Waals surface area contributed by atoms with Crippen LogP contribution in [-0.2, 0) is 11.3 Å². The van der Waals surface area contributed by atoms with Crippen LogP contribution < -0.4 is 0 Å². The molecule has 2 aromatic rings. The van der Waals surface area contributed by atoms with Crippen LogP contribution in [0.4, 0.5) is 0 Å². The minimum absolute atomic E-state index is 0.0740. The van der Waals surface area contributed by atoms with E-state index >= 15 is 0 Å². The van der Waals surface area contributed by atoms with Crippen molar-refractivity contribution in [2.75, 3.05) is 13.2 Å². The number of nitrogens with zero attached hydrogens (tertiary/aromatic N) is 2. The molecule has 2 heterocycles. The number of hydrogen-bond donors (Lipinski definition) is 0. The Morgan fingerprint density at radius 1 is 1.53 bits per heavy atom. The SMILES string of the molecule is Cc1ccc2nc(C(C)Cl)n(CC3CCOC3)c2c1. The van der Waals surface area contributed by atoms with Gasteiger partial charge in [0.05, 0.1) is 23.0 Å². The molecule has 0 saturated carbocycles. The van der Waals surface area contributed by atoms with Gasteiger partial charge in [-0.15, -0.1) is 11.6 Å². The normalized spacial score (nSPS) is 21.1. The third-order valence-corrected chi connectivity index (χ3v) is 3.95. The maximum absolute atomic E-state index is 6.29. The van der Waals surface area contributed by atoms with Gasteiger partial charge >= 0.3 is 0 Å². The topological polar surface area (TPSA) is 27.1 Å². The molecule has 2 atom stereocenters. The molecule has 1 aromatic heterocycles. The van der Waals surface area contributed by atoms with Crippen LogP contribution in [-0.4, -0.2) is 22.8 Å². The molecule has 4 heteroatoms. The van der Waals surface area contributed by atoms with E-state index in [0.717, 1.165) is 37.5 Å². The predicted octanol–water partition coefficient (Wildman–Crippen LogP) is 3.68. The van der Waals surface area contributed by atoms with Crippen LogP contribution in [0.25, 0.3) is 11.0 Å². The summed E-state index contributed by atoms with van der Waals surface area (Å²) in [7, 11) is 0. The van der Waals surface area contributed by atoms with Crippen LogP contribution in [0.15, 0.2) is 18.2 Å². The number of rotatable bonds is 3. The summed E-state index contributed by atoms with van der Waals surface area (Å²) >= 11 is 6.29. The second-order valence-corrected chi connectivity index (χ2v) is 6.07. The van der Waals surface area contributed by atoms with E-state index in [1.807, 2.05) is 6.92 Å². The van der Waals surface area contributed by atoms with Gasteiger partial charge in [0, 0.05) is 19.1 Å². The van der Waals surface area contributed by atoms with Crippen LogP contribution in [0.1, 0.15) is 30.1 Å². The van der Waals surface area contributed by atoms with Crippen molar-refractivity contribution in [2.45, 2.75) is 32.2 Å². The van der Waals surface area contributed by atoms with E-state index in [0.29, 0.717) is 5.92 Å². The van der Waals surface area contributed by atoms with Crippen LogP contribution in [0, 0.1) is 12.8 Å². The Hall–Kier alpha value is -1.06. The zero-order valence-electron chi connectivity index (χ0n) is 11.4. The van der Waals surface area contributed by atoms with Gasteiger partial charge in [0.1, 0.15) is 5.82 Å². The zero-order chi connectivity index (χ0) is 13.4. The minimum atomic E-state index is -0.0740. The fraction of sp³-hybridized carbons (Fsp3) is 0.533. The molecule has 0 amide bonds. The lowest BCUT2D eigenvalue weighted by Gasteiger charge is -2.14. The minimum Gasteiger partial charge on any atom is -0.381 e. The van der Waals surface area contributed by atoms with E-state index in [1.54, 1.807) is 0 Å². The molecule has 1 aliphatic rings. The van der Waals surface area contributed by atoms with Crippen molar-refractivity contribution in [1.82, 2.24) is 9.55 Å². The van der Waals surface area contributed by atoms with E-state index in [1.165, 1.54) is 11.1 Å². The van der Waals surface area contributed by atoms with Gasteiger partial charge in [-0.25, -0.2) is 4.98 Å². The first kappa shape index (κ1) is 12.9. The first-order valence-corrected chi connectivity index (χ1v) is 7.27. The van der Waals surface area contributed by atoms with Gasteiger partial charge < -0.3 is 9.30 Å². The summed E-state index contributed by atoms with van der Waals surface area (Å²) in [4.78, 5) is 4.69. The van der Waals surface area contributed by atoms with Crippen molar-refractivity contribution in [1.29, 1.82) is 0 Å². The molecule has 3 nitrogen and oxygen atoms in total. The molecular formula is C15H19ClN2O. The Morgan fingerprint density at radius 2 is 2.37 bits per heavy atom. The molecule has 1 aromatic carbocycles. The monoisotopic (exact) mass is 278 g/mol. The number of alkyl halides is 1. The molecule has 0 bridgehead atoms. The van der Waals surface area contributed by atoms with E-state index in [2.05, 4.69) is 34.7 Å². The average molecular weight is 279 g/mol. The summed E-state index contributed by atoms with van der Waals surface area (Å²) in [6.07, 6.45) is 1.13. The highest BCUT2D eigenvalue weighted by molar-refractivity contribution is 6.20. The number of halogens is 1. The van der Waals surface area contributed by atoms with Gasteiger partial charge in [-0.05, 0) is 38.0 Å². The molecule has 19 heavy (non-hydrogen) atoms. The van der Waals surface area contributed by atoms with Gasteiger partial charge in [0.2, 0.25) is 0 Å². The smallest absolute Gasteiger partial charge is 0.127 e. The molecule has 3 rings (SSSR count). The molecule has 2 unspecified atom stereocenters. The highest BCUT2D eigenvalue weighted by Gasteiger charge is 2.21. The number of ether oxygens (including phenoxy) is 1. The average Bonchev–Trinajstić information content (AvgIpc) is 2.98. The van der Waals surface area contributed by atoms with Gasteiger partial charge in [-0.2, -0.15) is 0 Å². The Balaban J connectivity index is 2.06. The van der Waals surface area contributed by atoms with E-state index < -0.39 is 0 Å². The number of imidazole rings is 1. The molecule has 0 aliphatic carbocycles. The summed E-state index contributed by atoms with van der Waals surface area (Å²) in [5.74, 6) is 1.54. The van der Waals surface area contributed by atoms with Crippen LogP contribution in [0.2, 0.25) is 0 Å². The molecule has 1 fully saturated rings. The Labute approximate surface area is 118 Å². The quantitative estimate of drug-likeness (QED) is 0.801. The summed E-state index contributed by atoms with van der Waals surface area (Å²) in [5.41, 5.74) is 3.48. The van der Waals surface area contributed by atoms with Gasteiger partial charge in [0.25, 0.3) is 0 Å². The van der Waals surface area contributed by atoms with Gasteiger partial charge in [-0.1, -0.05) is 6.07 Å². The Kier molecular flexibility index (Phi) is 3.50. The van der Waals surface area contributed by atoms with Crippen LogP contribution in [0.3, 0.4) is 0 Å². The molecule has 0 N–H and O–H groups in total. The third-order valence-electron chi connectivity index (χ3n) is 3.75. The number of aryl methyl sites for hydroxylation is 1. The number of aromatic nitrogens is 2. The second-order valence-electron chi connectivity index (χ2n) is 5.42. The predicted molar refractivity (Wildman–Crippen MR) is 77.7 cm³/mol. The van der Waals surface area contributed by atoms with Gasteiger partial charge in [-0.3, -0.25) is 0 Å². The lowest BCUT2D eigenvalue weighted by molar-refractivity contribution is 0.182. The van der Waals surface area contributed by atoms with E-state index in [-0.39, 0.29) is 5.38 Å². The fourth-order valence-electron chi connectivity index (χ4n) is 2.73. The maximum Gasteiger partial charge on any atom is 0.127 e.